The molecule has 18 heavy (non-hydrogen) atoms. The first-order valence-corrected chi connectivity index (χ1v) is 5.74. The first-order valence-electron chi connectivity index (χ1n) is 5.74. The SMILES string of the molecule is COc1c(F)cccc1Cc1ccc(CO)cc1. The topological polar surface area (TPSA) is 29.5 Å². The van der Waals surface area contributed by atoms with Crippen molar-refractivity contribution in [3.8, 4) is 5.75 Å². The lowest BCUT2D eigenvalue weighted by atomic mass is 10.0. The van der Waals surface area contributed by atoms with Gasteiger partial charge in [-0.05, 0) is 17.2 Å². The van der Waals surface area contributed by atoms with E-state index in [1.165, 1.54) is 13.2 Å². The molecular weight excluding hydrogens is 231 g/mol. The number of aliphatic hydroxyl groups excluding tert-OH is 1. The van der Waals surface area contributed by atoms with E-state index in [4.69, 9.17) is 9.84 Å². The Kier molecular flexibility index (Phi) is 3.95. The van der Waals surface area contributed by atoms with Gasteiger partial charge in [-0.25, -0.2) is 4.39 Å². The quantitative estimate of drug-likeness (QED) is 0.898. The summed E-state index contributed by atoms with van der Waals surface area (Å²) < 4.78 is 18.6. The van der Waals surface area contributed by atoms with Gasteiger partial charge in [0.2, 0.25) is 0 Å². The molecule has 0 aliphatic rings. The fourth-order valence-corrected chi connectivity index (χ4v) is 1.90. The smallest absolute Gasteiger partial charge is 0.165 e. The average molecular weight is 246 g/mol. The number of halogens is 1. The third-order valence-electron chi connectivity index (χ3n) is 2.85. The molecule has 0 fully saturated rings. The van der Waals surface area contributed by atoms with Gasteiger partial charge in [0.15, 0.2) is 11.6 Å². The number of ether oxygens (including phenoxy) is 1. The van der Waals surface area contributed by atoms with Crippen molar-refractivity contribution in [2.45, 2.75) is 13.0 Å². The van der Waals surface area contributed by atoms with Gasteiger partial charge in [-0.3, -0.25) is 0 Å². The lowest BCUT2D eigenvalue weighted by molar-refractivity contribution is 0.282. The second-order valence-electron chi connectivity index (χ2n) is 4.08. The van der Waals surface area contributed by atoms with Crippen molar-refractivity contribution in [3.63, 3.8) is 0 Å². The highest BCUT2D eigenvalue weighted by molar-refractivity contribution is 5.39. The summed E-state index contributed by atoms with van der Waals surface area (Å²) in [6.45, 7) is 0.0313. The maximum absolute atomic E-state index is 13.5. The standard InChI is InChI=1S/C15H15FO2/c1-18-15-13(3-2-4-14(15)16)9-11-5-7-12(10-17)8-6-11/h2-8,17H,9-10H2,1H3. The fourth-order valence-electron chi connectivity index (χ4n) is 1.90. The van der Waals surface area contributed by atoms with Crippen molar-refractivity contribution in [1.29, 1.82) is 0 Å². The van der Waals surface area contributed by atoms with Crippen molar-refractivity contribution >= 4 is 0 Å². The molecule has 0 saturated heterocycles. The van der Waals surface area contributed by atoms with Gasteiger partial charge in [-0.1, -0.05) is 36.4 Å². The van der Waals surface area contributed by atoms with Crippen LogP contribution in [0.5, 0.6) is 5.75 Å². The summed E-state index contributed by atoms with van der Waals surface area (Å²) >= 11 is 0. The molecule has 2 rings (SSSR count). The van der Waals surface area contributed by atoms with Crippen LogP contribution in [0.25, 0.3) is 0 Å². The molecule has 3 heteroatoms. The van der Waals surface area contributed by atoms with E-state index in [9.17, 15) is 4.39 Å². The predicted octanol–water partition coefficient (Wildman–Crippen LogP) is 2.92. The Morgan fingerprint density at radius 1 is 1.06 bits per heavy atom. The van der Waals surface area contributed by atoms with Crippen LogP contribution in [0.1, 0.15) is 16.7 Å². The van der Waals surface area contributed by atoms with Gasteiger partial charge >= 0.3 is 0 Å². The number of para-hydroxylation sites is 1. The van der Waals surface area contributed by atoms with Gasteiger partial charge in [0.1, 0.15) is 0 Å². The van der Waals surface area contributed by atoms with Crippen LogP contribution in [0.4, 0.5) is 4.39 Å². The van der Waals surface area contributed by atoms with Crippen molar-refractivity contribution < 1.29 is 14.2 Å². The van der Waals surface area contributed by atoms with E-state index in [1.807, 2.05) is 30.3 Å². The number of benzene rings is 2. The Morgan fingerprint density at radius 3 is 2.33 bits per heavy atom. The summed E-state index contributed by atoms with van der Waals surface area (Å²) in [7, 11) is 1.47. The largest absolute Gasteiger partial charge is 0.493 e. The van der Waals surface area contributed by atoms with Gasteiger partial charge < -0.3 is 9.84 Å². The Balaban J connectivity index is 2.25. The number of hydrogen-bond donors (Lipinski definition) is 1. The Labute approximate surface area is 106 Å². The normalized spacial score (nSPS) is 10.4. The molecule has 0 aromatic heterocycles. The van der Waals surface area contributed by atoms with Crippen molar-refractivity contribution in [2.75, 3.05) is 7.11 Å². The Morgan fingerprint density at radius 2 is 1.72 bits per heavy atom. The molecule has 0 aliphatic carbocycles. The summed E-state index contributed by atoms with van der Waals surface area (Å²) in [6, 6.07) is 12.5. The van der Waals surface area contributed by atoms with Crippen LogP contribution in [0.3, 0.4) is 0 Å². The number of methoxy groups -OCH3 is 1. The second kappa shape index (κ2) is 5.65. The molecule has 0 aliphatic heterocycles. The summed E-state index contributed by atoms with van der Waals surface area (Å²) in [5.74, 6) is -0.0503. The molecule has 0 radical (unpaired) electrons. The van der Waals surface area contributed by atoms with Gasteiger partial charge in [0.25, 0.3) is 0 Å². The molecule has 0 spiro atoms. The van der Waals surface area contributed by atoms with Crippen LogP contribution in [0, 0.1) is 5.82 Å². The molecule has 1 N–H and O–H groups in total. The zero-order chi connectivity index (χ0) is 13.0. The van der Waals surface area contributed by atoms with Gasteiger partial charge in [-0.2, -0.15) is 0 Å². The van der Waals surface area contributed by atoms with Crippen LogP contribution >= 0.6 is 0 Å². The van der Waals surface area contributed by atoms with Crippen LogP contribution in [0.2, 0.25) is 0 Å². The molecule has 2 nitrogen and oxygen atoms in total. The van der Waals surface area contributed by atoms with Crippen molar-refractivity contribution in [1.82, 2.24) is 0 Å². The molecular formula is C15H15FO2. The van der Waals surface area contributed by atoms with E-state index >= 15 is 0 Å². The Hall–Kier alpha value is -1.87. The first kappa shape index (κ1) is 12.6. The minimum atomic E-state index is -0.345. The van der Waals surface area contributed by atoms with Gasteiger partial charge in [-0.15, -0.1) is 0 Å². The molecule has 2 aromatic rings. The van der Waals surface area contributed by atoms with Crippen molar-refractivity contribution in [2.24, 2.45) is 0 Å². The summed E-state index contributed by atoms with van der Waals surface area (Å²) in [5, 5.41) is 8.97. The molecule has 0 unspecified atom stereocenters. The number of aliphatic hydroxyl groups is 1. The van der Waals surface area contributed by atoms with E-state index in [0.717, 1.165) is 16.7 Å². The molecule has 0 heterocycles. The molecule has 0 amide bonds. The number of hydrogen-bond acceptors (Lipinski definition) is 2. The molecule has 0 bridgehead atoms. The molecule has 2 aromatic carbocycles. The minimum Gasteiger partial charge on any atom is -0.493 e. The minimum absolute atomic E-state index is 0.0313. The van der Waals surface area contributed by atoms with E-state index in [2.05, 4.69) is 0 Å². The number of rotatable bonds is 4. The van der Waals surface area contributed by atoms with Crippen LogP contribution < -0.4 is 4.74 Å². The fraction of sp³-hybridized carbons (Fsp3) is 0.200. The molecule has 0 atom stereocenters. The highest BCUT2D eigenvalue weighted by atomic mass is 19.1. The average Bonchev–Trinajstić information content (AvgIpc) is 2.40. The lowest BCUT2D eigenvalue weighted by Crippen LogP contribution is -1.96. The zero-order valence-corrected chi connectivity index (χ0v) is 10.2. The first-order chi connectivity index (χ1) is 8.74. The highest BCUT2D eigenvalue weighted by Crippen LogP contribution is 2.24. The van der Waals surface area contributed by atoms with Gasteiger partial charge in [0.05, 0.1) is 13.7 Å². The second-order valence-corrected chi connectivity index (χ2v) is 4.08. The third kappa shape index (κ3) is 2.68. The Bertz CT molecular complexity index is 521. The van der Waals surface area contributed by atoms with Crippen LogP contribution in [0.15, 0.2) is 42.5 Å². The van der Waals surface area contributed by atoms with E-state index in [1.54, 1.807) is 6.07 Å². The molecule has 94 valence electrons. The maximum Gasteiger partial charge on any atom is 0.165 e. The van der Waals surface area contributed by atoms with E-state index < -0.39 is 0 Å². The highest BCUT2D eigenvalue weighted by Gasteiger charge is 2.08. The van der Waals surface area contributed by atoms with Gasteiger partial charge in [0, 0.05) is 12.0 Å². The van der Waals surface area contributed by atoms with Crippen LogP contribution in [-0.2, 0) is 13.0 Å². The van der Waals surface area contributed by atoms with E-state index in [-0.39, 0.29) is 12.4 Å². The zero-order valence-electron chi connectivity index (χ0n) is 10.2. The molecule has 0 saturated carbocycles. The maximum atomic E-state index is 13.5. The van der Waals surface area contributed by atoms with E-state index in [0.29, 0.717) is 12.2 Å². The third-order valence-corrected chi connectivity index (χ3v) is 2.85. The summed E-state index contributed by atoms with van der Waals surface area (Å²) in [6.07, 6.45) is 0.604. The summed E-state index contributed by atoms with van der Waals surface area (Å²) in [5.41, 5.74) is 2.73. The lowest BCUT2D eigenvalue weighted by Gasteiger charge is -2.09. The van der Waals surface area contributed by atoms with Crippen molar-refractivity contribution in [3.05, 3.63) is 65.0 Å². The predicted molar refractivity (Wildman–Crippen MR) is 68.1 cm³/mol. The summed E-state index contributed by atoms with van der Waals surface area (Å²) in [4.78, 5) is 0. The van der Waals surface area contributed by atoms with Crippen LogP contribution in [-0.4, -0.2) is 12.2 Å². The monoisotopic (exact) mass is 246 g/mol.